The van der Waals surface area contributed by atoms with Gasteiger partial charge in [0.1, 0.15) is 6.29 Å². The summed E-state index contributed by atoms with van der Waals surface area (Å²) in [6.07, 6.45) is 24.6. The van der Waals surface area contributed by atoms with Crippen molar-refractivity contribution in [2.24, 2.45) is 22.5 Å². The molecule has 2 fully saturated rings. The molecular weight excluding hydrogens is 673 g/mol. The van der Waals surface area contributed by atoms with E-state index in [1.54, 1.807) is 5.56 Å². The summed E-state index contributed by atoms with van der Waals surface area (Å²) in [6.45, 7) is 25.1. The minimum Gasteiger partial charge on any atom is -0.399 e. The van der Waals surface area contributed by atoms with E-state index in [1.165, 1.54) is 88.8 Å². The normalized spacial score (nSPS) is 23.1. The van der Waals surface area contributed by atoms with Gasteiger partial charge in [0, 0.05) is 36.7 Å². The second-order valence-corrected chi connectivity index (χ2v) is 15.8. The maximum atomic E-state index is 8.81. The Hall–Kier alpha value is -3.31. The lowest BCUT2D eigenvalue weighted by Gasteiger charge is -2.40. The first kappa shape index (κ1) is 49.7. The second kappa shape index (κ2) is 27.3. The molecule has 5 heteroatoms. The van der Waals surface area contributed by atoms with E-state index in [2.05, 4.69) is 82.0 Å². The molecule has 6 N–H and O–H groups in total. The van der Waals surface area contributed by atoms with Crippen molar-refractivity contribution in [2.45, 2.75) is 170 Å². The second-order valence-electron chi connectivity index (χ2n) is 15.8. The number of hydrogen-bond donors (Lipinski definition) is 4. The Morgan fingerprint density at radius 3 is 2.20 bits per heavy atom. The van der Waals surface area contributed by atoms with E-state index in [0.29, 0.717) is 22.8 Å². The van der Waals surface area contributed by atoms with Gasteiger partial charge in [-0.15, -0.1) is 6.58 Å². The Balaban J connectivity index is 0.000000574. The Kier molecular flexibility index (Phi) is 24.7. The van der Waals surface area contributed by atoms with Gasteiger partial charge in [-0.25, -0.2) is 0 Å². The molecule has 0 bridgehead atoms. The third-order valence-corrected chi connectivity index (χ3v) is 12.2. The number of allylic oxidation sites excluding steroid dienone is 3. The summed E-state index contributed by atoms with van der Waals surface area (Å²) in [4.78, 5) is 8.81. The first-order chi connectivity index (χ1) is 26.6. The van der Waals surface area contributed by atoms with E-state index in [4.69, 9.17) is 16.3 Å². The maximum Gasteiger partial charge on any atom is 0.116 e. The van der Waals surface area contributed by atoms with Gasteiger partial charge in [-0.1, -0.05) is 116 Å². The Labute approximate surface area is 339 Å². The van der Waals surface area contributed by atoms with E-state index < -0.39 is 0 Å². The van der Waals surface area contributed by atoms with Crippen molar-refractivity contribution in [3.63, 3.8) is 0 Å². The molecule has 5 nitrogen and oxygen atoms in total. The zero-order chi connectivity index (χ0) is 41.3. The van der Waals surface area contributed by atoms with E-state index in [9.17, 15) is 0 Å². The average Bonchev–Trinajstić information content (AvgIpc) is 3.73. The number of nitrogen functional groups attached to an aromatic ring is 1. The number of nitrogens with one attached hydrogen (secondary N) is 2. The number of carbonyl (C=O) groups is 1. The van der Waals surface area contributed by atoms with Crippen LogP contribution in [-0.2, 0) is 4.79 Å². The number of carbonyl (C=O) groups excluding carboxylic acids is 1. The van der Waals surface area contributed by atoms with Crippen molar-refractivity contribution in [2.75, 3.05) is 19.3 Å². The highest BCUT2D eigenvalue weighted by atomic mass is 16.1. The van der Waals surface area contributed by atoms with Crippen molar-refractivity contribution in [1.82, 2.24) is 10.6 Å². The summed E-state index contributed by atoms with van der Waals surface area (Å²) in [5, 5.41) is 6.74. The smallest absolute Gasteiger partial charge is 0.116 e. The molecule has 2 saturated carbocycles. The molecule has 3 aliphatic carbocycles. The molecule has 2 aromatic carbocycles. The van der Waals surface area contributed by atoms with Crippen LogP contribution in [0.25, 0.3) is 5.70 Å². The highest BCUT2D eigenvalue weighted by Gasteiger charge is 2.52. The van der Waals surface area contributed by atoms with E-state index in [1.807, 2.05) is 58.0 Å². The van der Waals surface area contributed by atoms with Crippen molar-refractivity contribution in [1.29, 1.82) is 0 Å². The molecule has 0 radical (unpaired) electrons. The number of hydrogen-bond acceptors (Lipinski definition) is 5. The molecule has 310 valence electrons. The molecule has 6 unspecified atom stereocenters. The van der Waals surface area contributed by atoms with Crippen LogP contribution in [0.2, 0.25) is 0 Å². The van der Waals surface area contributed by atoms with Gasteiger partial charge in [0.2, 0.25) is 0 Å². The van der Waals surface area contributed by atoms with Gasteiger partial charge in [0.15, 0.2) is 0 Å². The fourth-order valence-electron chi connectivity index (χ4n) is 9.14. The molecule has 5 rings (SSSR count). The lowest BCUT2D eigenvalue weighted by molar-refractivity contribution is -0.106. The van der Waals surface area contributed by atoms with Crippen molar-refractivity contribution >= 4 is 17.7 Å². The largest absolute Gasteiger partial charge is 0.399 e. The Bertz CT molecular complexity index is 1370. The number of benzene rings is 2. The summed E-state index contributed by atoms with van der Waals surface area (Å²) < 4.78 is 0. The van der Waals surface area contributed by atoms with Crippen LogP contribution in [-0.4, -0.2) is 25.9 Å². The summed E-state index contributed by atoms with van der Waals surface area (Å²) in [5.41, 5.74) is 20.4. The molecule has 0 heterocycles. The van der Waals surface area contributed by atoms with Crippen LogP contribution in [0.5, 0.6) is 0 Å². The number of anilines is 1. The minimum atomic E-state index is 0.373. The van der Waals surface area contributed by atoms with E-state index >= 15 is 0 Å². The van der Waals surface area contributed by atoms with Gasteiger partial charge in [0.05, 0.1) is 0 Å². The topological polar surface area (TPSA) is 93.2 Å². The summed E-state index contributed by atoms with van der Waals surface area (Å²) in [7, 11) is 2.10. The van der Waals surface area contributed by atoms with E-state index in [0.717, 1.165) is 67.3 Å². The molecule has 6 atom stereocenters. The van der Waals surface area contributed by atoms with Gasteiger partial charge < -0.3 is 26.9 Å². The third kappa shape index (κ3) is 16.0. The first-order valence-corrected chi connectivity index (χ1v) is 22.1. The molecule has 3 aliphatic rings. The van der Waals surface area contributed by atoms with Gasteiger partial charge in [-0.3, -0.25) is 0 Å². The van der Waals surface area contributed by atoms with Crippen LogP contribution in [0, 0.1) is 16.7 Å². The number of rotatable bonds is 15. The lowest BCUT2D eigenvalue weighted by atomic mass is 9.64. The van der Waals surface area contributed by atoms with Crippen molar-refractivity contribution < 1.29 is 4.79 Å². The molecule has 0 saturated heterocycles. The van der Waals surface area contributed by atoms with Gasteiger partial charge >= 0.3 is 0 Å². The van der Waals surface area contributed by atoms with Crippen LogP contribution in [0.15, 0.2) is 79.5 Å². The highest BCUT2D eigenvalue weighted by molar-refractivity contribution is 5.63. The van der Waals surface area contributed by atoms with Gasteiger partial charge in [0.25, 0.3) is 0 Å². The Morgan fingerprint density at radius 1 is 0.982 bits per heavy atom. The minimum absolute atomic E-state index is 0.373. The molecule has 2 aromatic rings. The predicted octanol–water partition coefficient (Wildman–Crippen LogP) is 13.1. The molecule has 2 spiro atoms. The summed E-state index contributed by atoms with van der Waals surface area (Å²) in [5.74, 6) is 2.22. The zero-order valence-corrected chi connectivity index (χ0v) is 37.0. The van der Waals surface area contributed by atoms with Crippen LogP contribution >= 0.6 is 0 Å². The average molecular weight is 757 g/mol. The summed E-state index contributed by atoms with van der Waals surface area (Å²) >= 11 is 0. The lowest BCUT2D eigenvalue weighted by Crippen LogP contribution is -2.28. The van der Waals surface area contributed by atoms with Crippen LogP contribution < -0.4 is 22.1 Å². The molecule has 0 aromatic heterocycles. The van der Waals surface area contributed by atoms with Crippen LogP contribution in [0.1, 0.15) is 180 Å². The number of aldehydes is 1. The SMILES string of the molecule is C=CCCCNC(=C)c1ccc(N)cc1.CC.CC.CC=O.CCCC(N)CCC(CC)c1ccc(C2CCCC3(CCC4(C=C(NC)CC4C)C3)C2)cc1. The molecule has 0 aliphatic heterocycles. The quantitative estimate of drug-likeness (QED) is 0.0628. The van der Waals surface area contributed by atoms with Crippen LogP contribution in [0.4, 0.5) is 5.69 Å². The summed E-state index contributed by atoms with van der Waals surface area (Å²) in [6, 6.07) is 17.9. The standard InChI is InChI=1S/C31H50N2.C13H18N2.C2H4O.2C2H6/c1-5-8-28(32)15-14-24(6-2)25-10-12-26(13-11-25)27-9-7-16-30(20-27)17-18-31(22-30)21-29(33-4)19-23(31)3;1-3-4-5-10-15-11(2)12-6-8-13(14)9-7-12;1-2-3;2*1-2/h10-13,21,23-24,27-28,33H,5-9,14-20,22,32H2,1-4H3;3,6-9,15H,1-2,4-5,10,14H2;2H,1H3;2*1-2H3. The van der Waals surface area contributed by atoms with Gasteiger partial charge in [-0.2, -0.15) is 0 Å². The monoisotopic (exact) mass is 757 g/mol. The predicted molar refractivity (Wildman–Crippen MR) is 244 cm³/mol. The highest BCUT2D eigenvalue weighted by Crippen LogP contribution is 2.64. The van der Waals surface area contributed by atoms with Crippen LogP contribution in [0.3, 0.4) is 0 Å². The number of nitrogens with two attached hydrogens (primary N) is 2. The maximum absolute atomic E-state index is 8.81. The van der Waals surface area contributed by atoms with Crippen molar-refractivity contribution in [3.05, 3.63) is 96.2 Å². The van der Waals surface area contributed by atoms with Gasteiger partial charge in [-0.05, 0) is 148 Å². The molecule has 55 heavy (non-hydrogen) atoms. The van der Waals surface area contributed by atoms with Crippen molar-refractivity contribution in [3.8, 4) is 0 Å². The Morgan fingerprint density at radius 2 is 1.64 bits per heavy atom. The number of unbranched alkanes of at least 4 members (excludes halogenated alkanes) is 1. The fourth-order valence-corrected chi connectivity index (χ4v) is 9.14. The third-order valence-electron chi connectivity index (χ3n) is 12.2. The first-order valence-electron chi connectivity index (χ1n) is 22.1. The fraction of sp³-hybridized carbons (Fsp3) is 0.620. The molecular formula is C50H84N4O. The molecule has 0 amide bonds. The zero-order valence-electron chi connectivity index (χ0n) is 37.0. The van der Waals surface area contributed by atoms with E-state index in [-0.39, 0.29) is 0 Å².